The average molecular weight is 268 g/mol. The lowest BCUT2D eigenvalue weighted by molar-refractivity contribution is 0.126. The lowest BCUT2D eigenvalue weighted by atomic mass is 10.0. The number of anilines is 1. The van der Waals surface area contributed by atoms with Crippen molar-refractivity contribution in [1.29, 1.82) is 5.26 Å². The molecule has 5 heteroatoms. The van der Waals surface area contributed by atoms with Crippen molar-refractivity contribution in [2.24, 2.45) is 5.92 Å². The third kappa shape index (κ3) is 3.90. The zero-order valence-electron chi connectivity index (χ0n) is 11.3. The van der Waals surface area contributed by atoms with Crippen LogP contribution in [0.25, 0.3) is 0 Å². The van der Waals surface area contributed by atoms with Gasteiger partial charge in [0.1, 0.15) is 6.07 Å². The van der Waals surface area contributed by atoms with Crippen LogP contribution in [-0.4, -0.2) is 19.3 Å². The normalized spacial score (nSPS) is 12.3. The maximum atomic E-state index is 13.8. The SMILES string of the molecule is CCOCC(Nc1ccc(C#N)c(F)c1F)C(C)C. The van der Waals surface area contributed by atoms with Gasteiger partial charge in [-0.1, -0.05) is 13.8 Å². The standard InChI is InChI=1S/C14H18F2N2O/c1-4-19-8-12(9(2)3)18-11-6-5-10(7-17)13(15)14(11)16/h5-6,9,12,18H,4,8H2,1-3H3. The fraction of sp³-hybridized carbons (Fsp3) is 0.500. The van der Waals surface area contributed by atoms with Gasteiger partial charge in [-0.3, -0.25) is 0 Å². The van der Waals surface area contributed by atoms with Crippen LogP contribution in [0.5, 0.6) is 0 Å². The number of rotatable bonds is 6. The van der Waals surface area contributed by atoms with Gasteiger partial charge < -0.3 is 10.1 Å². The Balaban J connectivity index is 2.91. The molecular weight excluding hydrogens is 250 g/mol. The monoisotopic (exact) mass is 268 g/mol. The second-order valence-corrected chi connectivity index (χ2v) is 4.55. The van der Waals surface area contributed by atoms with Crippen LogP contribution < -0.4 is 5.32 Å². The molecule has 0 heterocycles. The number of benzene rings is 1. The Hall–Kier alpha value is -1.67. The molecule has 0 aliphatic heterocycles. The highest BCUT2D eigenvalue weighted by atomic mass is 19.2. The van der Waals surface area contributed by atoms with Crippen molar-refractivity contribution in [3.8, 4) is 6.07 Å². The van der Waals surface area contributed by atoms with Crippen LogP contribution in [0, 0.1) is 28.9 Å². The molecule has 1 aromatic rings. The predicted molar refractivity (Wildman–Crippen MR) is 69.8 cm³/mol. The maximum Gasteiger partial charge on any atom is 0.183 e. The lowest BCUT2D eigenvalue weighted by Gasteiger charge is -2.23. The van der Waals surface area contributed by atoms with Crippen LogP contribution >= 0.6 is 0 Å². The van der Waals surface area contributed by atoms with Gasteiger partial charge >= 0.3 is 0 Å². The number of hydrogen-bond donors (Lipinski definition) is 1. The summed E-state index contributed by atoms with van der Waals surface area (Å²) in [5, 5.41) is 11.5. The maximum absolute atomic E-state index is 13.8. The van der Waals surface area contributed by atoms with Gasteiger partial charge in [0.25, 0.3) is 0 Å². The number of ether oxygens (including phenoxy) is 1. The molecule has 0 aliphatic rings. The van der Waals surface area contributed by atoms with Gasteiger partial charge in [0, 0.05) is 6.61 Å². The molecule has 0 saturated carbocycles. The summed E-state index contributed by atoms with van der Waals surface area (Å²) in [7, 11) is 0. The van der Waals surface area contributed by atoms with Crippen molar-refractivity contribution in [2.45, 2.75) is 26.8 Å². The second-order valence-electron chi connectivity index (χ2n) is 4.55. The highest BCUT2D eigenvalue weighted by molar-refractivity contribution is 5.50. The summed E-state index contributed by atoms with van der Waals surface area (Å²) < 4.78 is 32.6. The van der Waals surface area contributed by atoms with Crippen LogP contribution in [0.1, 0.15) is 26.3 Å². The van der Waals surface area contributed by atoms with E-state index < -0.39 is 11.6 Å². The Bertz CT molecular complexity index is 469. The molecule has 1 rings (SSSR count). The fourth-order valence-corrected chi connectivity index (χ4v) is 1.59. The molecular formula is C14H18F2N2O. The quantitative estimate of drug-likeness (QED) is 0.861. The van der Waals surface area contributed by atoms with Crippen LogP contribution in [0.2, 0.25) is 0 Å². The van der Waals surface area contributed by atoms with E-state index in [1.54, 1.807) is 6.07 Å². The highest BCUT2D eigenvalue weighted by Crippen LogP contribution is 2.22. The summed E-state index contributed by atoms with van der Waals surface area (Å²) in [5.41, 5.74) is -0.246. The molecule has 0 bridgehead atoms. The number of hydrogen-bond acceptors (Lipinski definition) is 3. The van der Waals surface area contributed by atoms with E-state index in [0.29, 0.717) is 13.2 Å². The molecule has 3 nitrogen and oxygen atoms in total. The first-order valence-corrected chi connectivity index (χ1v) is 6.23. The first-order chi connectivity index (χ1) is 9.01. The minimum Gasteiger partial charge on any atom is -0.380 e. The van der Waals surface area contributed by atoms with Gasteiger partial charge in [0.15, 0.2) is 11.6 Å². The molecule has 1 atom stereocenters. The van der Waals surface area contributed by atoms with Crippen LogP contribution in [0.15, 0.2) is 12.1 Å². The lowest BCUT2D eigenvalue weighted by Crippen LogP contribution is -2.31. The number of halogens is 2. The predicted octanol–water partition coefficient (Wildman–Crippen LogP) is 3.31. The molecule has 0 aliphatic carbocycles. The van der Waals surface area contributed by atoms with E-state index in [9.17, 15) is 8.78 Å². The Kier molecular flexibility index (Phi) is 5.71. The van der Waals surface area contributed by atoms with E-state index in [2.05, 4.69) is 5.32 Å². The molecule has 0 aromatic heterocycles. The number of nitrogens with zero attached hydrogens (tertiary/aromatic N) is 1. The van der Waals surface area contributed by atoms with Crippen molar-refractivity contribution in [3.05, 3.63) is 29.3 Å². The van der Waals surface area contributed by atoms with E-state index in [1.807, 2.05) is 20.8 Å². The van der Waals surface area contributed by atoms with Crippen LogP contribution in [0.3, 0.4) is 0 Å². The van der Waals surface area contributed by atoms with E-state index in [0.717, 1.165) is 0 Å². The van der Waals surface area contributed by atoms with Crippen molar-refractivity contribution >= 4 is 5.69 Å². The molecule has 1 aromatic carbocycles. The van der Waals surface area contributed by atoms with Crippen molar-refractivity contribution < 1.29 is 13.5 Å². The first kappa shape index (κ1) is 15.4. The molecule has 1 N–H and O–H groups in total. The minimum absolute atomic E-state index is 0.0508. The molecule has 0 fully saturated rings. The van der Waals surface area contributed by atoms with E-state index in [1.165, 1.54) is 12.1 Å². The smallest absolute Gasteiger partial charge is 0.183 e. The topological polar surface area (TPSA) is 45.0 Å². The van der Waals surface area contributed by atoms with Gasteiger partial charge in [0.2, 0.25) is 0 Å². The Morgan fingerprint density at radius 1 is 1.32 bits per heavy atom. The summed E-state index contributed by atoms with van der Waals surface area (Å²) in [4.78, 5) is 0. The summed E-state index contributed by atoms with van der Waals surface area (Å²) >= 11 is 0. The Morgan fingerprint density at radius 2 is 2.00 bits per heavy atom. The van der Waals surface area contributed by atoms with Crippen LogP contribution in [-0.2, 0) is 4.74 Å². The minimum atomic E-state index is -1.12. The third-order valence-electron chi connectivity index (χ3n) is 2.85. The van der Waals surface area contributed by atoms with Crippen molar-refractivity contribution in [3.63, 3.8) is 0 Å². The third-order valence-corrected chi connectivity index (χ3v) is 2.85. The zero-order valence-corrected chi connectivity index (χ0v) is 11.3. The fourth-order valence-electron chi connectivity index (χ4n) is 1.59. The average Bonchev–Trinajstić information content (AvgIpc) is 2.39. The van der Waals surface area contributed by atoms with Crippen molar-refractivity contribution in [1.82, 2.24) is 0 Å². The van der Waals surface area contributed by atoms with Gasteiger partial charge in [0.05, 0.1) is 23.9 Å². The molecule has 0 radical (unpaired) electrons. The van der Waals surface area contributed by atoms with E-state index >= 15 is 0 Å². The number of nitrogens with one attached hydrogen (secondary N) is 1. The van der Waals surface area contributed by atoms with Crippen LogP contribution in [0.4, 0.5) is 14.5 Å². The summed E-state index contributed by atoms with van der Waals surface area (Å²) in [5.74, 6) is -1.95. The summed E-state index contributed by atoms with van der Waals surface area (Å²) in [6.07, 6.45) is 0. The summed E-state index contributed by atoms with van der Waals surface area (Å²) in [6.45, 7) is 6.78. The summed E-state index contributed by atoms with van der Waals surface area (Å²) in [6, 6.07) is 4.12. The first-order valence-electron chi connectivity index (χ1n) is 6.23. The van der Waals surface area contributed by atoms with E-state index in [-0.39, 0.29) is 23.2 Å². The Labute approximate surface area is 112 Å². The number of nitriles is 1. The molecule has 0 saturated heterocycles. The molecule has 0 spiro atoms. The second kappa shape index (κ2) is 7.05. The highest BCUT2D eigenvalue weighted by Gasteiger charge is 2.18. The Morgan fingerprint density at radius 3 is 2.53 bits per heavy atom. The molecule has 104 valence electrons. The molecule has 0 amide bonds. The largest absolute Gasteiger partial charge is 0.380 e. The van der Waals surface area contributed by atoms with Gasteiger partial charge in [-0.2, -0.15) is 5.26 Å². The van der Waals surface area contributed by atoms with E-state index in [4.69, 9.17) is 10.00 Å². The zero-order chi connectivity index (χ0) is 14.4. The van der Waals surface area contributed by atoms with Gasteiger partial charge in [-0.15, -0.1) is 0 Å². The molecule has 1 unspecified atom stereocenters. The van der Waals surface area contributed by atoms with Gasteiger partial charge in [-0.25, -0.2) is 8.78 Å². The molecule has 19 heavy (non-hydrogen) atoms. The van der Waals surface area contributed by atoms with Gasteiger partial charge in [-0.05, 0) is 25.0 Å². The van der Waals surface area contributed by atoms with Crippen molar-refractivity contribution in [2.75, 3.05) is 18.5 Å².